The van der Waals surface area contributed by atoms with Crippen LogP contribution >= 0.6 is 0 Å². The minimum atomic E-state index is -0.704. The number of rotatable bonds is 5. The van der Waals surface area contributed by atoms with Crippen molar-refractivity contribution in [1.29, 1.82) is 0 Å². The second-order valence-electron chi connectivity index (χ2n) is 12.4. The van der Waals surface area contributed by atoms with Crippen LogP contribution < -0.4 is 15.0 Å². The van der Waals surface area contributed by atoms with Crippen LogP contribution in [0.25, 0.3) is 32.9 Å². The number of nitrogens with one attached hydrogen (secondary N) is 1. The molecular formula is C33H34F2N6O3. The maximum atomic E-state index is 16.7. The lowest BCUT2D eigenvalue weighted by Crippen LogP contribution is -2.51. The first kappa shape index (κ1) is 28.6. The van der Waals surface area contributed by atoms with Gasteiger partial charge in [0.05, 0.1) is 16.5 Å². The number of hydrogen-bond donors (Lipinski definition) is 2. The van der Waals surface area contributed by atoms with Gasteiger partial charge in [0.2, 0.25) is 0 Å². The summed E-state index contributed by atoms with van der Waals surface area (Å²) in [4.78, 5) is 18.7. The molecule has 4 N–H and O–H groups in total. The Balaban J connectivity index is 0.00000312. The van der Waals surface area contributed by atoms with Crippen molar-refractivity contribution in [2.75, 3.05) is 37.7 Å². The quantitative estimate of drug-likeness (QED) is 0.331. The molecule has 4 aliphatic rings. The Bertz CT molecular complexity index is 1810. The van der Waals surface area contributed by atoms with Gasteiger partial charge in [0.15, 0.2) is 5.82 Å². The van der Waals surface area contributed by atoms with Crippen LogP contribution in [-0.4, -0.2) is 80.8 Å². The van der Waals surface area contributed by atoms with Gasteiger partial charge in [0, 0.05) is 42.3 Å². The van der Waals surface area contributed by atoms with E-state index < -0.39 is 11.6 Å². The Morgan fingerprint density at radius 2 is 1.84 bits per heavy atom. The molecule has 0 spiro atoms. The summed E-state index contributed by atoms with van der Waals surface area (Å²) in [5.74, 6) is 1.57. The maximum absolute atomic E-state index is 16.7. The van der Waals surface area contributed by atoms with Crippen LogP contribution in [0.4, 0.5) is 14.6 Å². The van der Waals surface area contributed by atoms with Crippen molar-refractivity contribution in [3.63, 3.8) is 0 Å². The maximum Gasteiger partial charge on any atom is 0.319 e. The van der Waals surface area contributed by atoms with Gasteiger partial charge >= 0.3 is 6.01 Å². The SMILES string of the molecule is C#Cc1c(F)ccc2cc(O)cc(-c3ncc4c(N5CC6CCC(C5)N6)nc(OCC56CCCN5CCC6)nc4c3F)c12.O. The number of phenols is 1. The predicted molar refractivity (Wildman–Crippen MR) is 164 cm³/mol. The number of terminal acetylenes is 1. The Morgan fingerprint density at radius 1 is 1.09 bits per heavy atom. The lowest BCUT2D eigenvalue weighted by molar-refractivity contribution is 0.108. The molecule has 4 aromatic rings. The number of ether oxygens (including phenoxy) is 1. The summed E-state index contributed by atoms with van der Waals surface area (Å²) in [6, 6.07) is 6.39. The minimum absolute atomic E-state index is 0. The Morgan fingerprint density at radius 3 is 2.57 bits per heavy atom. The predicted octanol–water partition coefficient (Wildman–Crippen LogP) is 3.93. The molecule has 11 heteroatoms. The fourth-order valence-corrected chi connectivity index (χ4v) is 7.90. The molecular weight excluding hydrogens is 566 g/mol. The van der Waals surface area contributed by atoms with E-state index in [0.29, 0.717) is 40.7 Å². The zero-order valence-corrected chi connectivity index (χ0v) is 24.2. The normalized spacial score (nSPS) is 22.2. The number of nitrogens with zero attached hydrogens (tertiary/aromatic N) is 5. The van der Waals surface area contributed by atoms with E-state index in [1.807, 2.05) is 0 Å². The molecule has 4 aliphatic heterocycles. The van der Waals surface area contributed by atoms with E-state index in [-0.39, 0.29) is 45.1 Å². The lowest BCUT2D eigenvalue weighted by atomic mass is 9.95. The number of fused-ring (bicyclic) bond motifs is 5. The molecule has 6 heterocycles. The Hall–Kier alpha value is -4.11. The Labute approximate surface area is 253 Å². The topological polar surface area (TPSA) is 118 Å². The fraction of sp³-hybridized carbons (Fsp3) is 0.424. The highest BCUT2D eigenvalue weighted by molar-refractivity contribution is 6.03. The molecule has 0 radical (unpaired) electrons. The number of piperazine rings is 1. The van der Waals surface area contributed by atoms with Gasteiger partial charge in [-0.1, -0.05) is 12.0 Å². The molecule has 4 fully saturated rings. The van der Waals surface area contributed by atoms with E-state index >= 15 is 4.39 Å². The second-order valence-corrected chi connectivity index (χ2v) is 12.4. The summed E-state index contributed by atoms with van der Waals surface area (Å²) in [7, 11) is 0. The van der Waals surface area contributed by atoms with Crippen LogP contribution in [0.15, 0.2) is 30.5 Å². The summed E-state index contributed by atoms with van der Waals surface area (Å²) < 4.78 is 37.8. The zero-order valence-electron chi connectivity index (χ0n) is 24.2. The van der Waals surface area contributed by atoms with Gasteiger partial charge < -0.3 is 25.5 Å². The van der Waals surface area contributed by atoms with Crippen LogP contribution in [0.3, 0.4) is 0 Å². The molecule has 0 aliphatic carbocycles. The van der Waals surface area contributed by atoms with Crippen molar-refractivity contribution in [3.8, 4) is 35.4 Å². The third-order valence-electron chi connectivity index (χ3n) is 9.89. The number of phenolic OH excluding ortho intramolecular Hbond substituents is 1. The highest BCUT2D eigenvalue weighted by Gasteiger charge is 2.45. The number of benzene rings is 2. The van der Waals surface area contributed by atoms with E-state index in [4.69, 9.17) is 16.1 Å². The van der Waals surface area contributed by atoms with Crippen molar-refractivity contribution < 1.29 is 24.1 Å². The monoisotopic (exact) mass is 600 g/mol. The first-order valence-corrected chi connectivity index (χ1v) is 15.1. The standard InChI is InChI=1S/C33H32F2N6O2.H2O/c1-2-23-26(34)8-5-19-13-22(42)14-24(27(19)23)29-28(35)30-25(15-36-29)31(40-16-20-6-7-21(17-40)37-20)39-32(38-30)43-18-33-9-3-11-41(33)12-4-10-33;/h1,5,8,13-15,20-21,37,42H,3-4,6-7,9-12,16-18H2;1H2. The van der Waals surface area contributed by atoms with Crippen molar-refractivity contribution >= 4 is 27.5 Å². The van der Waals surface area contributed by atoms with E-state index in [1.165, 1.54) is 24.3 Å². The molecule has 0 amide bonds. The number of pyridine rings is 1. The van der Waals surface area contributed by atoms with E-state index in [0.717, 1.165) is 64.7 Å². The summed E-state index contributed by atoms with van der Waals surface area (Å²) >= 11 is 0. The van der Waals surface area contributed by atoms with Gasteiger partial charge in [0.25, 0.3) is 0 Å². The minimum Gasteiger partial charge on any atom is -0.508 e. The molecule has 228 valence electrons. The molecule has 44 heavy (non-hydrogen) atoms. The third kappa shape index (κ3) is 4.51. The lowest BCUT2D eigenvalue weighted by Gasteiger charge is -2.34. The summed E-state index contributed by atoms with van der Waals surface area (Å²) in [6.45, 7) is 4.07. The molecule has 2 atom stereocenters. The van der Waals surface area contributed by atoms with Crippen molar-refractivity contribution in [2.45, 2.75) is 56.1 Å². The highest BCUT2D eigenvalue weighted by Crippen LogP contribution is 2.41. The highest BCUT2D eigenvalue weighted by atomic mass is 19.1. The smallest absolute Gasteiger partial charge is 0.319 e. The molecule has 2 aromatic heterocycles. The molecule has 0 saturated carbocycles. The van der Waals surface area contributed by atoms with Gasteiger partial charge in [-0.25, -0.2) is 8.78 Å². The summed E-state index contributed by atoms with van der Waals surface area (Å²) in [5, 5.41) is 15.4. The molecule has 2 bridgehead atoms. The number of anilines is 1. The molecule has 2 aromatic carbocycles. The van der Waals surface area contributed by atoms with Crippen LogP contribution in [0.1, 0.15) is 44.1 Å². The average Bonchev–Trinajstić information content (AvgIpc) is 3.69. The molecule has 2 unspecified atom stereocenters. The first-order chi connectivity index (χ1) is 20.9. The van der Waals surface area contributed by atoms with Gasteiger partial charge in [-0.2, -0.15) is 9.97 Å². The number of aromatic nitrogens is 3. The number of hydrogen-bond acceptors (Lipinski definition) is 8. The van der Waals surface area contributed by atoms with E-state index in [9.17, 15) is 9.50 Å². The molecule has 9 nitrogen and oxygen atoms in total. The van der Waals surface area contributed by atoms with Crippen molar-refractivity contribution in [2.24, 2.45) is 0 Å². The summed E-state index contributed by atoms with van der Waals surface area (Å²) in [6.07, 6.45) is 13.8. The average molecular weight is 601 g/mol. The largest absolute Gasteiger partial charge is 0.508 e. The molecule has 4 saturated heterocycles. The van der Waals surface area contributed by atoms with Gasteiger partial charge in [-0.05, 0) is 75.2 Å². The number of halogens is 2. The number of aromatic hydroxyl groups is 1. The van der Waals surface area contributed by atoms with Crippen LogP contribution in [0.2, 0.25) is 0 Å². The van der Waals surface area contributed by atoms with Gasteiger partial charge in [-0.15, -0.1) is 6.42 Å². The van der Waals surface area contributed by atoms with E-state index in [1.54, 1.807) is 6.20 Å². The van der Waals surface area contributed by atoms with Crippen LogP contribution in [-0.2, 0) is 0 Å². The van der Waals surface area contributed by atoms with Gasteiger partial charge in [-0.3, -0.25) is 9.88 Å². The first-order valence-electron chi connectivity index (χ1n) is 15.1. The molecule has 8 rings (SSSR count). The zero-order chi connectivity index (χ0) is 29.3. The summed E-state index contributed by atoms with van der Waals surface area (Å²) in [5.41, 5.74) is 0.136. The van der Waals surface area contributed by atoms with Crippen LogP contribution in [0.5, 0.6) is 11.8 Å². The second kappa shape index (κ2) is 10.8. The fourth-order valence-electron chi connectivity index (χ4n) is 7.90. The van der Waals surface area contributed by atoms with Gasteiger partial charge in [0.1, 0.15) is 35.2 Å². The third-order valence-corrected chi connectivity index (χ3v) is 9.89. The van der Waals surface area contributed by atoms with Crippen molar-refractivity contribution in [1.82, 2.24) is 25.2 Å². The van der Waals surface area contributed by atoms with E-state index in [2.05, 4.69) is 31.0 Å². The van der Waals surface area contributed by atoms with Crippen molar-refractivity contribution in [3.05, 3.63) is 47.7 Å². The van der Waals surface area contributed by atoms with Crippen LogP contribution in [0, 0.1) is 24.0 Å². The Kier molecular flexibility index (Phi) is 7.03.